The molecule has 0 aliphatic rings. The maximum Gasteiger partial charge on any atom is 0.311 e. The number of nitrogens with zero attached hydrogens (tertiary/aromatic N) is 2. The van der Waals surface area contributed by atoms with Crippen molar-refractivity contribution in [1.29, 1.82) is 0 Å². The van der Waals surface area contributed by atoms with Gasteiger partial charge in [-0.1, -0.05) is 206 Å². The molecule has 1 aromatic heterocycles. The lowest BCUT2D eigenvalue weighted by molar-refractivity contribution is -0.384. The molecule has 6 heteroatoms. The topological polar surface area (TPSA) is 80.1 Å². The molecular weight excluding hydrogens is 580 g/mol. The molecule has 0 amide bonds. The van der Waals surface area contributed by atoms with Gasteiger partial charge >= 0.3 is 5.69 Å². The van der Waals surface area contributed by atoms with Crippen LogP contribution in [0.1, 0.15) is 219 Å². The molecule has 1 rings (SSSR count). The van der Waals surface area contributed by atoms with E-state index in [0.29, 0.717) is 5.82 Å². The molecule has 0 saturated heterocycles. The highest BCUT2D eigenvalue weighted by Gasteiger charge is 2.15. The summed E-state index contributed by atoms with van der Waals surface area (Å²) < 4.78 is 0. The normalized spacial score (nSPS) is 11.3. The van der Waals surface area contributed by atoms with Crippen molar-refractivity contribution in [2.75, 3.05) is 23.7 Å². The largest absolute Gasteiger partial charge is 0.370 e. The minimum atomic E-state index is -0.331. The summed E-state index contributed by atoms with van der Waals surface area (Å²) in [5.41, 5.74) is 0.0643. The van der Waals surface area contributed by atoms with E-state index >= 15 is 0 Å². The molecule has 0 aliphatic carbocycles. The van der Waals surface area contributed by atoms with Gasteiger partial charge in [0.25, 0.3) is 0 Å². The fraction of sp³-hybridized carbons (Fsp3) is 0.878. The zero-order valence-electron chi connectivity index (χ0n) is 31.4. The van der Waals surface area contributed by atoms with Gasteiger partial charge in [-0.25, -0.2) is 4.98 Å². The Balaban J connectivity index is 2.01. The van der Waals surface area contributed by atoms with Crippen LogP contribution in [0.25, 0.3) is 0 Å². The van der Waals surface area contributed by atoms with Gasteiger partial charge in [0, 0.05) is 19.2 Å². The molecule has 6 nitrogen and oxygen atoms in total. The molecule has 0 saturated carbocycles. The maximum atomic E-state index is 11.5. The standard InChI is InChI=1S/C41H78N4O2/c1-3-5-7-9-11-13-15-17-19-21-23-25-27-29-31-33-37-42-40-36-35-39(45(46)47)41(44-40)43-38-34-32-30-28-26-24-22-20-18-16-14-12-10-8-6-4-2/h35-36H,3-34,37-38H2,1-2H3,(H2,42,43,44). The summed E-state index contributed by atoms with van der Waals surface area (Å²) >= 11 is 0. The minimum Gasteiger partial charge on any atom is -0.370 e. The Hall–Kier alpha value is -1.85. The van der Waals surface area contributed by atoms with E-state index in [2.05, 4.69) is 29.5 Å². The van der Waals surface area contributed by atoms with Gasteiger partial charge in [-0.15, -0.1) is 0 Å². The average Bonchev–Trinajstić information content (AvgIpc) is 3.07. The second kappa shape index (κ2) is 34.0. The van der Waals surface area contributed by atoms with E-state index in [1.165, 1.54) is 186 Å². The first-order valence-electron chi connectivity index (χ1n) is 20.8. The van der Waals surface area contributed by atoms with Crippen molar-refractivity contribution in [3.63, 3.8) is 0 Å². The third-order valence-electron chi connectivity index (χ3n) is 9.73. The Labute approximate surface area is 292 Å². The number of pyridine rings is 1. The molecule has 0 aliphatic heterocycles. The number of nitrogens with one attached hydrogen (secondary N) is 2. The van der Waals surface area contributed by atoms with Crippen molar-refractivity contribution < 1.29 is 4.92 Å². The van der Waals surface area contributed by atoms with Crippen molar-refractivity contribution in [2.24, 2.45) is 0 Å². The molecule has 0 radical (unpaired) electrons. The van der Waals surface area contributed by atoms with Crippen LogP contribution in [0.15, 0.2) is 12.1 Å². The number of rotatable bonds is 37. The third kappa shape index (κ3) is 27.8. The van der Waals surface area contributed by atoms with Gasteiger partial charge in [0.15, 0.2) is 0 Å². The summed E-state index contributed by atoms with van der Waals surface area (Å²) in [5, 5.41) is 18.2. The summed E-state index contributed by atoms with van der Waals surface area (Å²) in [5.74, 6) is 1.12. The van der Waals surface area contributed by atoms with E-state index in [0.717, 1.165) is 38.2 Å². The highest BCUT2D eigenvalue weighted by atomic mass is 16.6. The van der Waals surface area contributed by atoms with Gasteiger partial charge in [-0.2, -0.15) is 0 Å². The van der Waals surface area contributed by atoms with Crippen LogP contribution in [0.5, 0.6) is 0 Å². The molecule has 0 aromatic carbocycles. The number of nitro groups is 1. The molecule has 0 bridgehead atoms. The van der Waals surface area contributed by atoms with Crippen molar-refractivity contribution in [2.45, 2.75) is 219 Å². The number of aromatic nitrogens is 1. The van der Waals surface area contributed by atoms with Crippen LogP contribution in [-0.4, -0.2) is 23.0 Å². The zero-order chi connectivity index (χ0) is 33.9. The Morgan fingerprint density at radius 2 is 0.766 bits per heavy atom. The van der Waals surface area contributed by atoms with Gasteiger partial charge in [0.05, 0.1) is 4.92 Å². The number of anilines is 2. The summed E-state index contributed by atoms with van der Waals surface area (Å²) in [6, 6.07) is 3.32. The van der Waals surface area contributed by atoms with Gasteiger partial charge < -0.3 is 10.6 Å². The predicted octanol–water partition coefficient (Wildman–Crippen LogP) is 14.3. The molecule has 0 spiro atoms. The van der Waals surface area contributed by atoms with E-state index in [1.807, 2.05) is 0 Å². The molecule has 0 fully saturated rings. The van der Waals surface area contributed by atoms with Gasteiger partial charge in [0.1, 0.15) is 5.82 Å². The van der Waals surface area contributed by atoms with Crippen LogP contribution in [0.2, 0.25) is 0 Å². The van der Waals surface area contributed by atoms with Crippen LogP contribution < -0.4 is 10.6 Å². The lowest BCUT2D eigenvalue weighted by Crippen LogP contribution is -2.09. The number of hydrogen-bond acceptors (Lipinski definition) is 5. The fourth-order valence-electron chi connectivity index (χ4n) is 6.60. The molecule has 1 heterocycles. The lowest BCUT2D eigenvalue weighted by atomic mass is 10.0. The minimum absolute atomic E-state index is 0.0643. The second-order valence-corrected chi connectivity index (χ2v) is 14.3. The molecule has 0 unspecified atom stereocenters. The summed E-state index contributed by atoms with van der Waals surface area (Å²) in [6.45, 7) is 6.16. The SMILES string of the molecule is CCCCCCCCCCCCCCCCCCNc1ccc([N+](=O)[O-])c(NCCCCCCCCCCCCCCCCCC)n1. The summed E-state index contributed by atoms with van der Waals surface area (Å²) in [4.78, 5) is 15.8. The van der Waals surface area contributed by atoms with Crippen molar-refractivity contribution in [3.8, 4) is 0 Å². The Kier molecular flexibility index (Phi) is 31.3. The average molecular weight is 659 g/mol. The first-order chi connectivity index (χ1) is 23.2. The first kappa shape index (κ1) is 43.2. The monoisotopic (exact) mass is 659 g/mol. The first-order valence-corrected chi connectivity index (χ1v) is 20.8. The van der Waals surface area contributed by atoms with Crippen LogP contribution in [0.3, 0.4) is 0 Å². The number of hydrogen-bond donors (Lipinski definition) is 2. The van der Waals surface area contributed by atoms with Crippen molar-refractivity contribution in [3.05, 3.63) is 22.2 Å². The van der Waals surface area contributed by atoms with Gasteiger partial charge in [-0.3, -0.25) is 10.1 Å². The Bertz CT molecular complexity index is 819. The molecule has 274 valence electrons. The van der Waals surface area contributed by atoms with Gasteiger partial charge in [-0.05, 0) is 18.9 Å². The summed E-state index contributed by atoms with van der Waals surface area (Å²) in [7, 11) is 0. The maximum absolute atomic E-state index is 11.5. The fourth-order valence-corrected chi connectivity index (χ4v) is 6.60. The third-order valence-corrected chi connectivity index (χ3v) is 9.73. The molecule has 0 atom stereocenters. The van der Waals surface area contributed by atoms with E-state index in [-0.39, 0.29) is 10.6 Å². The Morgan fingerprint density at radius 3 is 1.09 bits per heavy atom. The zero-order valence-corrected chi connectivity index (χ0v) is 31.4. The van der Waals surface area contributed by atoms with Crippen LogP contribution >= 0.6 is 0 Å². The number of unbranched alkanes of at least 4 members (excludes halogenated alkanes) is 30. The highest BCUT2D eigenvalue weighted by molar-refractivity contribution is 5.60. The van der Waals surface area contributed by atoms with Crippen LogP contribution in [0.4, 0.5) is 17.3 Å². The molecular formula is C41H78N4O2. The van der Waals surface area contributed by atoms with Crippen LogP contribution in [-0.2, 0) is 0 Å². The van der Waals surface area contributed by atoms with Crippen LogP contribution in [0, 0.1) is 10.1 Å². The van der Waals surface area contributed by atoms with E-state index in [9.17, 15) is 10.1 Å². The van der Waals surface area contributed by atoms with E-state index in [1.54, 1.807) is 12.1 Å². The highest BCUT2D eigenvalue weighted by Crippen LogP contribution is 2.24. The molecule has 47 heavy (non-hydrogen) atoms. The van der Waals surface area contributed by atoms with E-state index in [4.69, 9.17) is 0 Å². The van der Waals surface area contributed by atoms with Crippen molar-refractivity contribution in [1.82, 2.24) is 4.98 Å². The predicted molar refractivity (Wildman–Crippen MR) is 207 cm³/mol. The van der Waals surface area contributed by atoms with E-state index < -0.39 is 0 Å². The smallest absolute Gasteiger partial charge is 0.311 e. The Morgan fingerprint density at radius 1 is 0.468 bits per heavy atom. The lowest BCUT2D eigenvalue weighted by Gasteiger charge is -2.10. The van der Waals surface area contributed by atoms with Crippen molar-refractivity contribution >= 4 is 17.3 Å². The summed E-state index contributed by atoms with van der Waals surface area (Å²) in [6.07, 6.45) is 43.4. The van der Waals surface area contributed by atoms with Gasteiger partial charge in [0.2, 0.25) is 5.82 Å². The second-order valence-electron chi connectivity index (χ2n) is 14.3. The quantitative estimate of drug-likeness (QED) is 0.0422. The molecule has 2 N–H and O–H groups in total. The molecule has 1 aromatic rings.